The molecule has 6 nitrogen and oxygen atoms in total. The summed E-state index contributed by atoms with van der Waals surface area (Å²) in [5.74, 6) is 0.452. The summed E-state index contributed by atoms with van der Waals surface area (Å²) in [7, 11) is 0. The summed E-state index contributed by atoms with van der Waals surface area (Å²) in [5, 5.41) is 12.0. The van der Waals surface area contributed by atoms with E-state index in [1.54, 1.807) is 0 Å². The van der Waals surface area contributed by atoms with Gasteiger partial charge in [-0.2, -0.15) is 0 Å². The lowest BCUT2D eigenvalue weighted by atomic mass is 9.43. The number of rotatable bonds is 2. The topological polar surface area (TPSA) is 89.9 Å². The lowest BCUT2D eigenvalue weighted by Crippen LogP contribution is -2.69. The normalized spacial score (nSPS) is 48.9. The first-order valence-corrected chi connectivity index (χ1v) is 11.1. The molecule has 0 unspecified atom stereocenters. The van der Waals surface area contributed by atoms with E-state index >= 15 is 0 Å². The van der Waals surface area contributed by atoms with Gasteiger partial charge >= 0.3 is 11.9 Å². The molecule has 0 aliphatic heterocycles. The van der Waals surface area contributed by atoms with Crippen molar-refractivity contribution in [1.82, 2.24) is 0 Å². The Bertz CT molecular complexity index is 733. The van der Waals surface area contributed by atoms with Crippen LogP contribution < -0.4 is 0 Å². The Morgan fingerprint density at radius 2 is 1.69 bits per heavy atom. The minimum absolute atomic E-state index is 0.264. The Morgan fingerprint density at radius 1 is 1.00 bits per heavy atom. The molecule has 0 bridgehead atoms. The minimum atomic E-state index is -1.23. The summed E-state index contributed by atoms with van der Waals surface area (Å²) in [6.45, 7) is 7.01. The maximum Gasteiger partial charge on any atom is 0.303 e. The van der Waals surface area contributed by atoms with E-state index in [9.17, 15) is 19.5 Å². The molecule has 0 saturated heterocycles. The SMILES string of the molecule is CC(=O)O[C@@H]1CC[C@]2(C)[C@@H]3CC[C@]4(C)C(=O)CC[C@@H]4[C@@H]3C[C@H](OC(C)=O)[C@@]2(O)C1. The summed E-state index contributed by atoms with van der Waals surface area (Å²) in [6.07, 6.45) is 4.62. The second kappa shape index (κ2) is 6.79. The van der Waals surface area contributed by atoms with Gasteiger partial charge in [-0.15, -0.1) is 0 Å². The van der Waals surface area contributed by atoms with E-state index in [0.717, 1.165) is 25.7 Å². The molecular weight excluding hydrogens is 372 g/mol. The van der Waals surface area contributed by atoms with Gasteiger partial charge in [-0.25, -0.2) is 0 Å². The number of fused-ring (bicyclic) bond motifs is 5. The predicted molar refractivity (Wildman–Crippen MR) is 105 cm³/mol. The van der Waals surface area contributed by atoms with Crippen molar-refractivity contribution in [2.45, 2.75) is 96.9 Å². The zero-order valence-electron chi connectivity index (χ0n) is 18.0. The van der Waals surface area contributed by atoms with Crippen LogP contribution in [0.1, 0.15) is 79.1 Å². The van der Waals surface area contributed by atoms with E-state index in [4.69, 9.17) is 9.47 Å². The number of ether oxygens (including phenoxy) is 2. The average molecular weight is 407 g/mol. The van der Waals surface area contributed by atoms with Crippen LogP contribution in [0.25, 0.3) is 0 Å². The van der Waals surface area contributed by atoms with Crippen LogP contribution in [-0.2, 0) is 23.9 Å². The monoisotopic (exact) mass is 406 g/mol. The van der Waals surface area contributed by atoms with Crippen molar-refractivity contribution in [3.8, 4) is 0 Å². The number of Topliss-reactive ketones (excluding diaryl/α,β-unsaturated/α-hetero) is 1. The van der Waals surface area contributed by atoms with Crippen molar-refractivity contribution in [2.24, 2.45) is 28.6 Å². The van der Waals surface area contributed by atoms with E-state index in [0.29, 0.717) is 37.4 Å². The Balaban J connectivity index is 1.71. The van der Waals surface area contributed by atoms with Crippen molar-refractivity contribution in [1.29, 1.82) is 0 Å². The molecule has 0 radical (unpaired) electrons. The molecule has 4 aliphatic carbocycles. The summed E-state index contributed by atoms with van der Waals surface area (Å²) < 4.78 is 11.2. The Hall–Kier alpha value is -1.43. The van der Waals surface area contributed by atoms with E-state index in [1.807, 2.05) is 0 Å². The predicted octanol–water partition coefficient (Wildman–Crippen LogP) is 3.19. The maximum atomic E-state index is 12.7. The van der Waals surface area contributed by atoms with E-state index in [2.05, 4.69) is 13.8 Å². The third-order valence-corrected chi connectivity index (χ3v) is 9.14. The van der Waals surface area contributed by atoms with Gasteiger partial charge in [0.25, 0.3) is 0 Å². The fourth-order valence-corrected chi connectivity index (χ4v) is 7.67. The zero-order valence-corrected chi connectivity index (χ0v) is 18.0. The van der Waals surface area contributed by atoms with E-state index in [-0.39, 0.29) is 29.3 Å². The Kier molecular flexibility index (Phi) is 4.88. The number of carbonyl (C=O) groups excluding carboxylic acids is 3. The number of ketones is 1. The molecular formula is C23H34O6. The first-order chi connectivity index (χ1) is 13.5. The fraction of sp³-hybridized carbons (Fsp3) is 0.870. The van der Waals surface area contributed by atoms with Crippen LogP contribution in [0.3, 0.4) is 0 Å². The van der Waals surface area contributed by atoms with Gasteiger partial charge in [-0.3, -0.25) is 14.4 Å². The van der Waals surface area contributed by atoms with Gasteiger partial charge in [0.2, 0.25) is 0 Å². The highest BCUT2D eigenvalue weighted by molar-refractivity contribution is 5.87. The number of hydrogen-bond acceptors (Lipinski definition) is 6. The van der Waals surface area contributed by atoms with Crippen LogP contribution in [0.4, 0.5) is 0 Å². The van der Waals surface area contributed by atoms with E-state index in [1.165, 1.54) is 13.8 Å². The molecule has 0 heterocycles. The van der Waals surface area contributed by atoms with Crippen molar-refractivity contribution in [2.75, 3.05) is 0 Å². The van der Waals surface area contributed by atoms with Crippen LogP contribution in [0, 0.1) is 28.6 Å². The third kappa shape index (κ3) is 2.96. The van der Waals surface area contributed by atoms with Gasteiger partial charge in [-0.1, -0.05) is 13.8 Å². The third-order valence-electron chi connectivity index (χ3n) is 9.14. The highest BCUT2D eigenvalue weighted by atomic mass is 16.6. The molecule has 8 atom stereocenters. The molecule has 0 aromatic carbocycles. The van der Waals surface area contributed by atoms with Crippen LogP contribution in [0.15, 0.2) is 0 Å². The van der Waals surface area contributed by atoms with Gasteiger partial charge in [0.05, 0.1) is 0 Å². The number of hydrogen-bond donors (Lipinski definition) is 1. The lowest BCUT2D eigenvalue weighted by molar-refractivity contribution is -0.269. The molecule has 162 valence electrons. The first-order valence-electron chi connectivity index (χ1n) is 11.1. The highest BCUT2D eigenvalue weighted by Crippen LogP contribution is 2.67. The second-order valence-electron chi connectivity index (χ2n) is 10.4. The molecule has 4 fully saturated rings. The largest absolute Gasteiger partial charge is 0.462 e. The smallest absolute Gasteiger partial charge is 0.303 e. The van der Waals surface area contributed by atoms with Gasteiger partial charge in [0.15, 0.2) is 0 Å². The molecule has 1 N–H and O–H groups in total. The van der Waals surface area contributed by atoms with Crippen molar-refractivity contribution >= 4 is 17.7 Å². The van der Waals surface area contributed by atoms with Gasteiger partial charge in [0.1, 0.15) is 23.6 Å². The lowest BCUT2D eigenvalue weighted by Gasteiger charge is -2.65. The molecule has 0 amide bonds. The second-order valence-corrected chi connectivity index (χ2v) is 10.4. The highest BCUT2D eigenvalue weighted by Gasteiger charge is 2.68. The van der Waals surface area contributed by atoms with E-state index < -0.39 is 23.1 Å². The summed E-state index contributed by atoms with van der Waals surface area (Å²) >= 11 is 0. The fourth-order valence-electron chi connectivity index (χ4n) is 7.67. The molecule has 4 saturated carbocycles. The summed E-state index contributed by atoms with van der Waals surface area (Å²) in [5.41, 5.74) is -1.93. The molecule has 0 spiro atoms. The Morgan fingerprint density at radius 3 is 2.34 bits per heavy atom. The molecule has 4 aliphatic rings. The molecule has 29 heavy (non-hydrogen) atoms. The van der Waals surface area contributed by atoms with Gasteiger partial charge in [-0.05, 0) is 56.3 Å². The molecule has 0 aromatic rings. The van der Waals surface area contributed by atoms with Crippen LogP contribution >= 0.6 is 0 Å². The van der Waals surface area contributed by atoms with Crippen molar-refractivity contribution in [3.05, 3.63) is 0 Å². The van der Waals surface area contributed by atoms with Gasteiger partial charge in [0, 0.05) is 37.5 Å². The number of esters is 2. The molecule has 0 aromatic heterocycles. The maximum absolute atomic E-state index is 12.7. The standard InChI is InChI=1S/C23H34O6/c1-13(24)28-15-7-10-22(4)18-8-9-21(3)17(5-6-19(21)26)16(18)11-20(29-14(2)25)23(22,27)12-15/h15-18,20,27H,5-12H2,1-4H3/t15-,16+,17-,18-,20+,21+,22-,23+/m1/s1. The molecule has 6 heteroatoms. The minimum Gasteiger partial charge on any atom is -0.462 e. The van der Waals surface area contributed by atoms with Crippen LogP contribution in [-0.4, -0.2) is 40.6 Å². The van der Waals surface area contributed by atoms with Crippen molar-refractivity contribution < 1.29 is 29.0 Å². The summed E-state index contributed by atoms with van der Waals surface area (Å²) in [6, 6.07) is 0. The Labute approximate surface area is 172 Å². The molecule has 4 rings (SSSR count). The van der Waals surface area contributed by atoms with Crippen LogP contribution in [0.2, 0.25) is 0 Å². The average Bonchev–Trinajstić information content (AvgIpc) is 2.92. The number of aliphatic hydroxyl groups is 1. The first kappa shape index (κ1) is 20.8. The quantitative estimate of drug-likeness (QED) is 0.709. The van der Waals surface area contributed by atoms with Gasteiger partial charge < -0.3 is 14.6 Å². The van der Waals surface area contributed by atoms with Crippen molar-refractivity contribution in [3.63, 3.8) is 0 Å². The number of carbonyl (C=O) groups is 3. The summed E-state index contributed by atoms with van der Waals surface area (Å²) in [4.78, 5) is 36.1. The van der Waals surface area contributed by atoms with Crippen LogP contribution in [0.5, 0.6) is 0 Å². The zero-order chi connectivity index (χ0) is 21.2.